The third kappa shape index (κ3) is 1.18. The van der Waals surface area contributed by atoms with Crippen molar-refractivity contribution in [2.75, 3.05) is 0 Å². The van der Waals surface area contributed by atoms with Gasteiger partial charge in [-0.3, -0.25) is 4.79 Å². The molecule has 0 radical (unpaired) electrons. The van der Waals surface area contributed by atoms with Crippen LogP contribution in [0.4, 0.5) is 0 Å². The summed E-state index contributed by atoms with van der Waals surface area (Å²) in [5, 5.41) is 11.9. The first kappa shape index (κ1) is 9.06. The highest BCUT2D eigenvalue weighted by molar-refractivity contribution is 5.85. The zero-order valence-electron chi connectivity index (χ0n) is 7.33. The van der Waals surface area contributed by atoms with Gasteiger partial charge < -0.3 is 16.0 Å². The van der Waals surface area contributed by atoms with Crippen molar-refractivity contribution in [1.82, 2.24) is 5.06 Å². The number of hydrogen-bond acceptors (Lipinski definition) is 3. The maximum atomic E-state index is 11.2. The Balaban J connectivity index is 2.82. The minimum absolute atomic E-state index is 0.461. The number of primary amides is 1. The Kier molecular flexibility index (Phi) is 2.10. The molecule has 12 heavy (non-hydrogen) atoms. The second kappa shape index (κ2) is 2.79. The molecule has 1 heterocycles. The van der Waals surface area contributed by atoms with Crippen LogP contribution in [-0.4, -0.2) is 16.5 Å². The maximum absolute atomic E-state index is 11.2. The summed E-state index contributed by atoms with van der Waals surface area (Å²) in [5.41, 5.74) is 5.05. The molecule has 4 nitrogen and oxygen atoms in total. The molecule has 0 aromatic rings. The van der Waals surface area contributed by atoms with Crippen LogP contribution >= 0.6 is 0 Å². The molecule has 2 N–H and O–H groups in total. The molecule has 1 aliphatic heterocycles. The predicted molar refractivity (Wildman–Crippen MR) is 45.8 cm³/mol. The lowest BCUT2D eigenvalue weighted by atomic mass is 9.95. The average Bonchev–Trinajstić information content (AvgIpc) is 2.29. The zero-order valence-corrected chi connectivity index (χ0v) is 7.33. The fourth-order valence-corrected chi connectivity index (χ4v) is 1.29. The van der Waals surface area contributed by atoms with Crippen LogP contribution in [0.5, 0.6) is 0 Å². The van der Waals surface area contributed by atoms with Gasteiger partial charge >= 0.3 is 0 Å². The van der Waals surface area contributed by atoms with E-state index in [4.69, 9.17) is 5.73 Å². The molecule has 4 heteroatoms. The van der Waals surface area contributed by atoms with Crippen LogP contribution in [0.15, 0.2) is 11.8 Å². The molecular weight excluding hydrogens is 156 g/mol. The molecule has 1 atom stereocenters. The van der Waals surface area contributed by atoms with Crippen molar-refractivity contribution in [3.8, 4) is 0 Å². The van der Waals surface area contributed by atoms with Crippen molar-refractivity contribution in [1.29, 1.82) is 0 Å². The van der Waals surface area contributed by atoms with Gasteiger partial charge in [-0.15, -0.1) is 0 Å². The average molecular weight is 169 g/mol. The van der Waals surface area contributed by atoms with E-state index in [2.05, 4.69) is 0 Å². The van der Waals surface area contributed by atoms with E-state index in [9.17, 15) is 10.0 Å². The summed E-state index contributed by atoms with van der Waals surface area (Å²) in [6, 6.07) is 0. The van der Waals surface area contributed by atoms with Crippen molar-refractivity contribution in [3.63, 3.8) is 0 Å². The molecule has 1 aliphatic rings. The first-order valence-electron chi connectivity index (χ1n) is 3.96. The van der Waals surface area contributed by atoms with Gasteiger partial charge in [-0.2, -0.15) is 0 Å². The lowest BCUT2D eigenvalue weighted by molar-refractivity contribution is -0.125. The van der Waals surface area contributed by atoms with Crippen molar-refractivity contribution in [2.24, 2.45) is 5.73 Å². The van der Waals surface area contributed by atoms with Crippen molar-refractivity contribution >= 4 is 5.91 Å². The first-order chi connectivity index (χ1) is 5.50. The highest BCUT2D eigenvalue weighted by atomic mass is 16.5. The molecule has 1 rings (SSSR count). The van der Waals surface area contributed by atoms with E-state index in [0.717, 1.165) is 12.0 Å². The summed E-state index contributed by atoms with van der Waals surface area (Å²) in [5.74, 6) is -0.558. The molecule has 0 aliphatic carbocycles. The number of rotatable bonds is 2. The second-order valence-electron chi connectivity index (χ2n) is 3.28. The number of nitrogens with zero attached hydrogens (tertiary/aromatic N) is 1. The summed E-state index contributed by atoms with van der Waals surface area (Å²) in [6.45, 7) is 3.52. The summed E-state index contributed by atoms with van der Waals surface area (Å²) < 4.78 is 0. The zero-order chi connectivity index (χ0) is 9.35. The first-order valence-corrected chi connectivity index (χ1v) is 3.96. The van der Waals surface area contributed by atoms with Gasteiger partial charge in [0.2, 0.25) is 5.91 Å². The van der Waals surface area contributed by atoms with E-state index in [0.29, 0.717) is 11.5 Å². The molecule has 0 spiro atoms. The molecule has 0 bridgehead atoms. The highest BCUT2D eigenvalue weighted by Gasteiger charge is 2.36. The Morgan fingerprint density at radius 1 is 1.92 bits per heavy atom. The van der Waals surface area contributed by atoms with E-state index < -0.39 is 11.4 Å². The van der Waals surface area contributed by atoms with Crippen LogP contribution in [0.2, 0.25) is 0 Å². The number of carbonyl (C=O) groups excluding carboxylic acids is 1. The van der Waals surface area contributed by atoms with Gasteiger partial charge in [-0.05, 0) is 19.5 Å². The minimum Gasteiger partial charge on any atom is -0.758 e. The Bertz CT molecular complexity index is 237. The third-order valence-electron chi connectivity index (χ3n) is 2.34. The van der Waals surface area contributed by atoms with E-state index in [-0.39, 0.29) is 0 Å². The monoisotopic (exact) mass is 169 g/mol. The number of amides is 1. The predicted octanol–water partition coefficient (Wildman–Crippen LogP) is 0.728. The number of carbonyl (C=O) groups is 1. The van der Waals surface area contributed by atoms with E-state index in [1.54, 1.807) is 6.92 Å². The maximum Gasteiger partial charge on any atom is 0.242 e. The largest absolute Gasteiger partial charge is 0.758 e. The van der Waals surface area contributed by atoms with E-state index in [1.807, 2.05) is 6.92 Å². The quantitative estimate of drug-likeness (QED) is 0.662. The van der Waals surface area contributed by atoms with Crippen LogP contribution in [0.25, 0.3) is 0 Å². The van der Waals surface area contributed by atoms with Crippen LogP contribution in [-0.2, 0) is 4.79 Å². The van der Waals surface area contributed by atoms with Gasteiger partial charge in [0.25, 0.3) is 0 Å². The highest BCUT2D eigenvalue weighted by Crippen LogP contribution is 2.31. The van der Waals surface area contributed by atoms with Gasteiger partial charge in [-0.25, -0.2) is 0 Å². The molecule has 1 unspecified atom stereocenters. The van der Waals surface area contributed by atoms with E-state index >= 15 is 0 Å². The minimum atomic E-state index is -1.05. The number of hydroxylamine groups is 2. The molecular formula is C8H13N2O2-. The SMILES string of the molecule is CCC1=CN([O-])C(C)(C(N)=O)C1. The molecule has 0 saturated carbocycles. The Labute approximate surface area is 71.6 Å². The molecule has 0 saturated heterocycles. The molecule has 1 amide bonds. The van der Waals surface area contributed by atoms with Gasteiger partial charge in [-0.1, -0.05) is 12.5 Å². The van der Waals surface area contributed by atoms with Crippen LogP contribution < -0.4 is 5.73 Å². The smallest absolute Gasteiger partial charge is 0.242 e. The van der Waals surface area contributed by atoms with Crippen LogP contribution in [0, 0.1) is 5.21 Å². The van der Waals surface area contributed by atoms with Crippen molar-refractivity contribution in [3.05, 3.63) is 17.0 Å². The van der Waals surface area contributed by atoms with Gasteiger partial charge in [0.1, 0.15) is 5.54 Å². The molecule has 68 valence electrons. The summed E-state index contributed by atoms with van der Waals surface area (Å²) >= 11 is 0. The fourth-order valence-electron chi connectivity index (χ4n) is 1.29. The lowest BCUT2D eigenvalue weighted by Crippen LogP contribution is -2.48. The third-order valence-corrected chi connectivity index (χ3v) is 2.34. The molecule has 0 aromatic heterocycles. The topological polar surface area (TPSA) is 69.4 Å². The summed E-state index contributed by atoms with van der Waals surface area (Å²) in [6.07, 6.45) is 2.72. The van der Waals surface area contributed by atoms with Gasteiger partial charge in [0.15, 0.2) is 0 Å². The Morgan fingerprint density at radius 3 is 2.75 bits per heavy atom. The summed E-state index contributed by atoms with van der Waals surface area (Å²) in [7, 11) is 0. The Hall–Kier alpha value is -1.03. The fraction of sp³-hybridized carbons (Fsp3) is 0.625. The Morgan fingerprint density at radius 2 is 2.50 bits per heavy atom. The number of nitrogens with two attached hydrogens (primary N) is 1. The van der Waals surface area contributed by atoms with Gasteiger partial charge in [0, 0.05) is 6.42 Å². The number of hydrogen-bond donors (Lipinski definition) is 1. The van der Waals surface area contributed by atoms with Crippen molar-refractivity contribution in [2.45, 2.75) is 32.2 Å². The lowest BCUT2D eigenvalue weighted by Gasteiger charge is -2.38. The van der Waals surface area contributed by atoms with Crippen LogP contribution in [0.3, 0.4) is 0 Å². The van der Waals surface area contributed by atoms with Gasteiger partial charge in [0.05, 0.1) is 0 Å². The van der Waals surface area contributed by atoms with E-state index in [1.165, 1.54) is 6.20 Å². The standard InChI is InChI=1S/C8H13N2O2/c1-3-6-4-8(2,7(9)11)10(12)5-6/h5H,3-4H2,1-2H3,(H2,9,11)/q-1. The summed E-state index contributed by atoms with van der Waals surface area (Å²) in [4.78, 5) is 10.9. The molecule has 0 aromatic carbocycles. The van der Waals surface area contributed by atoms with Crippen LogP contribution in [0.1, 0.15) is 26.7 Å². The second-order valence-corrected chi connectivity index (χ2v) is 3.28. The van der Waals surface area contributed by atoms with Crippen molar-refractivity contribution < 1.29 is 4.79 Å². The molecule has 0 fully saturated rings. The normalized spacial score (nSPS) is 28.9.